The van der Waals surface area contributed by atoms with Crippen LogP contribution in [0.3, 0.4) is 0 Å². The topological polar surface area (TPSA) is 65.1 Å². The SMILES string of the molecule is O=c1cc(CSc2nnc(-c3ccc(Cl)cc3)n2-c2ccccc2)nc2sccn12. The fraction of sp³-hybridized carbons (Fsp3) is 0.0476. The van der Waals surface area contributed by atoms with E-state index in [2.05, 4.69) is 15.2 Å². The molecule has 0 radical (unpaired) electrons. The molecule has 3 aromatic heterocycles. The van der Waals surface area contributed by atoms with Gasteiger partial charge in [-0.2, -0.15) is 0 Å². The van der Waals surface area contributed by atoms with Crippen molar-refractivity contribution in [1.82, 2.24) is 24.1 Å². The van der Waals surface area contributed by atoms with Crippen LogP contribution in [-0.2, 0) is 5.75 Å². The molecule has 5 aromatic rings. The van der Waals surface area contributed by atoms with Gasteiger partial charge in [0.1, 0.15) is 0 Å². The fourth-order valence-corrected chi connectivity index (χ4v) is 4.77. The van der Waals surface area contributed by atoms with E-state index in [-0.39, 0.29) is 5.56 Å². The van der Waals surface area contributed by atoms with E-state index in [1.165, 1.54) is 23.1 Å². The average molecular weight is 452 g/mol. The minimum atomic E-state index is -0.0803. The molecule has 0 N–H and O–H groups in total. The van der Waals surface area contributed by atoms with Crippen molar-refractivity contribution in [1.29, 1.82) is 0 Å². The van der Waals surface area contributed by atoms with Crippen LogP contribution in [0.25, 0.3) is 22.0 Å². The molecule has 3 heterocycles. The Morgan fingerprint density at radius 3 is 2.63 bits per heavy atom. The van der Waals surface area contributed by atoms with E-state index in [0.717, 1.165) is 22.2 Å². The summed E-state index contributed by atoms with van der Waals surface area (Å²) in [5.41, 5.74) is 2.50. The van der Waals surface area contributed by atoms with Crippen molar-refractivity contribution in [3.8, 4) is 17.1 Å². The first-order chi connectivity index (χ1) is 14.7. The van der Waals surface area contributed by atoms with E-state index in [0.29, 0.717) is 21.4 Å². The van der Waals surface area contributed by atoms with Crippen molar-refractivity contribution in [2.75, 3.05) is 0 Å². The number of nitrogens with zero attached hydrogens (tertiary/aromatic N) is 5. The smallest absolute Gasteiger partial charge is 0.258 e. The molecule has 5 rings (SSSR count). The number of benzene rings is 2. The number of para-hydroxylation sites is 1. The van der Waals surface area contributed by atoms with Crippen LogP contribution in [0.1, 0.15) is 5.69 Å². The van der Waals surface area contributed by atoms with E-state index in [1.54, 1.807) is 16.7 Å². The molecular weight excluding hydrogens is 438 g/mol. The van der Waals surface area contributed by atoms with Gasteiger partial charge in [0.25, 0.3) is 5.56 Å². The lowest BCUT2D eigenvalue weighted by atomic mass is 10.2. The van der Waals surface area contributed by atoms with Gasteiger partial charge in [-0.15, -0.1) is 21.5 Å². The van der Waals surface area contributed by atoms with Gasteiger partial charge in [-0.1, -0.05) is 41.6 Å². The number of rotatable bonds is 5. The van der Waals surface area contributed by atoms with Crippen LogP contribution < -0.4 is 5.56 Å². The molecule has 30 heavy (non-hydrogen) atoms. The molecule has 0 spiro atoms. The largest absolute Gasteiger partial charge is 0.270 e. The third kappa shape index (κ3) is 3.65. The zero-order valence-corrected chi connectivity index (χ0v) is 17.9. The average Bonchev–Trinajstić information content (AvgIpc) is 3.41. The first-order valence-electron chi connectivity index (χ1n) is 9.04. The molecule has 0 saturated heterocycles. The van der Waals surface area contributed by atoms with Gasteiger partial charge in [-0.25, -0.2) is 4.98 Å². The van der Waals surface area contributed by atoms with Gasteiger partial charge >= 0.3 is 0 Å². The predicted molar refractivity (Wildman–Crippen MR) is 121 cm³/mol. The summed E-state index contributed by atoms with van der Waals surface area (Å²) < 4.78 is 3.55. The minimum Gasteiger partial charge on any atom is -0.270 e. The third-order valence-electron chi connectivity index (χ3n) is 4.46. The third-order valence-corrected chi connectivity index (χ3v) is 6.43. The van der Waals surface area contributed by atoms with Crippen molar-refractivity contribution in [2.45, 2.75) is 10.9 Å². The molecule has 0 fully saturated rings. The van der Waals surface area contributed by atoms with Gasteiger partial charge in [0.15, 0.2) is 15.9 Å². The van der Waals surface area contributed by atoms with Gasteiger partial charge in [-0.05, 0) is 36.4 Å². The van der Waals surface area contributed by atoms with E-state index in [1.807, 2.05) is 64.5 Å². The first kappa shape index (κ1) is 19.0. The molecule has 9 heteroatoms. The van der Waals surface area contributed by atoms with Crippen LogP contribution in [0.5, 0.6) is 0 Å². The van der Waals surface area contributed by atoms with Crippen molar-refractivity contribution in [2.24, 2.45) is 0 Å². The molecule has 0 aliphatic rings. The number of hydrogen-bond donors (Lipinski definition) is 0. The molecule has 0 unspecified atom stereocenters. The van der Waals surface area contributed by atoms with E-state index < -0.39 is 0 Å². The van der Waals surface area contributed by atoms with Crippen LogP contribution in [-0.4, -0.2) is 24.1 Å². The van der Waals surface area contributed by atoms with Crippen LogP contribution in [0.15, 0.2) is 82.2 Å². The summed E-state index contributed by atoms with van der Waals surface area (Å²) in [5.74, 6) is 1.23. The highest BCUT2D eigenvalue weighted by Gasteiger charge is 2.17. The zero-order chi connectivity index (χ0) is 20.5. The minimum absolute atomic E-state index is 0.0803. The van der Waals surface area contributed by atoms with Crippen molar-refractivity contribution < 1.29 is 0 Å². The number of halogens is 1. The van der Waals surface area contributed by atoms with Gasteiger partial charge in [-0.3, -0.25) is 13.8 Å². The van der Waals surface area contributed by atoms with Crippen molar-refractivity contribution in [3.05, 3.63) is 93.3 Å². The van der Waals surface area contributed by atoms with E-state index >= 15 is 0 Å². The van der Waals surface area contributed by atoms with Crippen LogP contribution >= 0.6 is 34.7 Å². The Kier molecular flexibility index (Phi) is 5.12. The highest BCUT2D eigenvalue weighted by Crippen LogP contribution is 2.30. The monoisotopic (exact) mass is 451 g/mol. The molecule has 0 atom stereocenters. The summed E-state index contributed by atoms with van der Waals surface area (Å²) >= 11 is 8.97. The number of thiazole rings is 1. The molecule has 6 nitrogen and oxygen atoms in total. The van der Waals surface area contributed by atoms with Gasteiger partial charge in [0.05, 0.1) is 5.69 Å². The second-order valence-electron chi connectivity index (χ2n) is 6.41. The Bertz CT molecular complexity index is 1380. The van der Waals surface area contributed by atoms with E-state index in [4.69, 9.17) is 11.6 Å². The first-order valence-corrected chi connectivity index (χ1v) is 11.3. The van der Waals surface area contributed by atoms with E-state index in [9.17, 15) is 4.79 Å². The molecule has 0 aliphatic heterocycles. The maximum absolute atomic E-state index is 12.3. The maximum atomic E-state index is 12.3. The molecular formula is C21H14ClN5OS2. The number of aromatic nitrogens is 5. The lowest BCUT2D eigenvalue weighted by Crippen LogP contribution is -2.12. The number of thioether (sulfide) groups is 1. The quantitative estimate of drug-likeness (QED) is 0.354. The van der Waals surface area contributed by atoms with Crippen LogP contribution in [0.4, 0.5) is 0 Å². The summed E-state index contributed by atoms with van der Waals surface area (Å²) in [6.45, 7) is 0. The summed E-state index contributed by atoms with van der Waals surface area (Å²) in [6.07, 6.45) is 1.73. The summed E-state index contributed by atoms with van der Waals surface area (Å²) in [7, 11) is 0. The lowest BCUT2D eigenvalue weighted by Gasteiger charge is -2.10. The van der Waals surface area contributed by atoms with Crippen LogP contribution in [0.2, 0.25) is 5.02 Å². The highest BCUT2D eigenvalue weighted by atomic mass is 35.5. The molecule has 0 amide bonds. The Morgan fingerprint density at radius 2 is 1.83 bits per heavy atom. The number of hydrogen-bond acceptors (Lipinski definition) is 6. The Morgan fingerprint density at radius 1 is 1.03 bits per heavy atom. The molecule has 2 aromatic carbocycles. The summed E-state index contributed by atoms with van der Waals surface area (Å²) in [6, 6.07) is 19.0. The normalized spacial score (nSPS) is 11.2. The van der Waals surface area contributed by atoms with Crippen molar-refractivity contribution in [3.63, 3.8) is 0 Å². The summed E-state index contributed by atoms with van der Waals surface area (Å²) in [4.78, 5) is 17.5. The van der Waals surface area contributed by atoms with Gasteiger partial charge < -0.3 is 0 Å². The lowest BCUT2D eigenvalue weighted by molar-refractivity contribution is 0.885. The zero-order valence-electron chi connectivity index (χ0n) is 15.5. The van der Waals surface area contributed by atoms with Gasteiger partial charge in [0, 0.05) is 39.7 Å². The fourth-order valence-electron chi connectivity index (χ4n) is 3.06. The van der Waals surface area contributed by atoms with Crippen LogP contribution in [0, 0.1) is 0 Å². The van der Waals surface area contributed by atoms with Gasteiger partial charge in [0.2, 0.25) is 0 Å². The Balaban J connectivity index is 1.52. The summed E-state index contributed by atoms with van der Waals surface area (Å²) in [5, 5.41) is 12.1. The predicted octanol–water partition coefficient (Wildman–Crippen LogP) is 4.95. The standard InChI is InChI=1S/C21H14ClN5OS2/c22-15-8-6-14(7-9-15)19-24-25-21(27(19)17-4-2-1-3-5-17)30-13-16-12-18(28)26-10-11-29-20(26)23-16/h1-12H,13H2. The molecule has 148 valence electrons. The van der Waals surface area contributed by atoms with Crippen molar-refractivity contribution >= 4 is 39.7 Å². The maximum Gasteiger partial charge on any atom is 0.258 e. The second kappa shape index (κ2) is 8.06. The second-order valence-corrected chi connectivity index (χ2v) is 8.67. The highest BCUT2D eigenvalue weighted by molar-refractivity contribution is 7.98. The Hall–Kier alpha value is -2.94. The molecule has 0 bridgehead atoms. The molecule has 0 aliphatic carbocycles. The molecule has 0 saturated carbocycles. The number of fused-ring (bicyclic) bond motifs is 1. The Labute approximate surface area is 184 Å².